The molecule has 3 rings (SSSR count). The van der Waals surface area contributed by atoms with Crippen molar-refractivity contribution < 1.29 is 14.3 Å². The van der Waals surface area contributed by atoms with Crippen LogP contribution in [0.15, 0.2) is 48.8 Å². The summed E-state index contributed by atoms with van der Waals surface area (Å²) in [7, 11) is 0. The van der Waals surface area contributed by atoms with Crippen molar-refractivity contribution in [1.29, 1.82) is 0 Å². The van der Waals surface area contributed by atoms with E-state index in [9.17, 15) is 9.59 Å². The highest BCUT2D eigenvalue weighted by molar-refractivity contribution is 6.31. The summed E-state index contributed by atoms with van der Waals surface area (Å²) in [5, 5.41) is 7.33. The fourth-order valence-corrected chi connectivity index (χ4v) is 2.58. The van der Waals surface area contributed by atoms with E-state index in [1.54, 1.807) is 43.5 Å². The first-order valence-corrected chi connectivity index (χ1v) is 8.52. The summed E-state index contributed by atoms with van der Waals surface area (Å²) in [6.45, 7) is 3.17. The van der Waals surface area contributed by atoms with Crippen molar-refractivity contribution in [3.05, 3.63) is 70.6 Å². The smallest absolute Gasteiger partial charge is 0.342 e. The Bertz CT molecular complexity index is 986. The van der Waals surface area contributed by atoms with E-state index in [1.807, 2.05) is 13.0 Å². The maximum Gasteiger partial charge on any atom is 0.342 e. The van der Waals surface area contributed by atoms with E-state index in [2.05, 4.69) is 15.4 Å². The number of nitrogens with zero attached hydrogens (tertiary/aromatic N) is 3. The van der Waals surface area contributed by atoms with E-state index >= 15 is 0 Å². The van der Waals surface area contributed by atoms with Gasteiger partial charge in [0, 0.05) is 16.9 Å². The highest BCUT2D eigenvalue weighted by atomic mass is 35.5. The van der Waals surface area contributed by atoms with Gasteiger partial charge in [-0.2, -0.15) is 5.10 Å². The number of aryl methyl sites for hydroxylation is 1. The predicted molar refractivity (Wildman–Crippen MR) is 101 cm³/mol. The molecule has 0 radical (unpaired) electrons. The molecule has 0 saturated heterocycles. The lowest BCUT2D eigenvalue weighted by Crippen LogP contribution is -2.21. The van der Waals surface area contributed by atoms with E-state index in [4.69, 9.17) is 16.3 Å². The molecule has 0 fully saturated rings. The molecule has 1 aromatic carbocycles. The van der Waals surface area contributed by atoms with Gasteiger partial charge in [-0.05, 0) is 43.7 Å². The van der Waals surface area contributed by atoms with Gasteiger partial charge in [0.2, 0.25) is 0 Å². The number of aromatic nitrogens is 3. The quantitative estimate of drug-likeness (QED) is 0.682. The van der Waals surface area contributed by atoms with Crippen LogP contribution in [-0.2, 0) is 9.53 Å². The molecular weight excluding hydrogens is 368 g/mol. The third-order valence-corrected chi connectivity index (χ3v) is 4.29. The molecule has 0 atom stereocenters. The van der Waals surface area contributed by atoms with Crippen molar-refractivity contribution >= 4 is 29.2 Å². The van der Waals surface area contributed by atoms with Crippen LogP contribution in [0, 0.1) is 13.8 Å². The third kappa shape index (κ3) is 4.32. The lowest BCUT2D eigenvalue weighted by Gasteiger charge is -2.08. The Hall–Kier alpha value is -3.19. The molecule has 3 aromatic rings. The van der Waals surface area contributed by atoms with E-state index in [0.717, 1.165) is 5.56 Å². The monoisotopic (exact) mass is 384 g/mol. The summed E-state index contributed by atoms with van der Waals surface area (Å²) in [5.74, 6) is -0.507. The fourth-order valence-electron chi connectivity index (χ4n) is 2.40. The number of halogens is 1. The van der Waals surface area contributed by atoms with Gasteiger partial charge in [-0.3, -0.25) is 4.79 Å². The predicted octanol–water partition coefficient (Wildman–Crippen LogP) is 3.33. The van der Waals surface area contributed by atoms with Crippen molar-refractivity contribution in [2.45, 2.75) is 13.8 Å². The van der Waals surface area contributed by atoms with Crippen LogP contribution in [-0.4, -0.2) is 33.2 Å². The van der Waals surface area contributed by atoms with Gasteiger partial charge in [-0.25, -0.2) is 14.5 Å². The first-order valence-electron chi connectivity index (χ1n) is 8.15. The number of anilines is 1. The van der Waals surface area contributed by atoms with E-state index in [0.29, 0.717) is 22.2 Å². The lowest BCUT2D eigenvalue weighted by molar-refractivity contribution is -0.119. The van der Waals surface area contributed by atoms with Crippen molar-refractivity contribution in [1.82, 2.24) is 14.8 Å². The van der Waals surface area contributed by atoms with Crippen LogP contribution in [0.2, 0.25) is 5.02 Å². The van der Waals surface area contributed by atoms with Crippen LogP contribution < -0.4 is 5.32 Å². The van der Waals surface area contributed by atoms with Crippen molar-refractivity contribution in [3.63, 3.8) is 0 Å². The number of hydrogen-bond acceptors (Lipinski definition) is 5. The van der Waals surface area contributed by atoms with Gasteiger partial charge in [0.05, 0.1) is 11.9 Å². The summed E-state index contributed by atoms with van der Waals surface area (Å²) in [5.41, 5.74) is 2.28. The Morgan fingerprint density at radius 1 is 1.22 bits per heavy atom. The number of benzene rings is 1. The average Bonchev–Trinajstić information content (AvgIpc) is 3.05. The molecule has 2 aromatic heterocycles. The molecule has 7 nitrogen and oxygen atoms in total. The number of amides is 1. The molecule has 8 heteroatoms. The Labute approximate surface area is 160 Å². The fraction of sp³-hybridized carbons (Fsp3) is 0.158. The SMILES string of the molecule is Cc1ccc(NC(=O)COC(=O)c2cnn(-c3ccccn3)c2C)cc1Cl. The van der Waals surface area contributed by atoms with Crippen LogP contribution in [0.4, 0.5) is 5.69 Å². The van der Waals surface area contributed by atoms with Crippen LogP contribution in [0.1, 0.15) is 21.6 Å². The van der Waals surface area contributed by atoms with Gasteiger partial charge in [0.25, 0.3) is 5.91 Å². The molecule has 0 spiro atoms. The molecule has 0 unspecified atom stereocenters. The Morgan fingerprint density at radius 2 is 2.04 bits per heavy atom. The van der Waals surface area contributed by atoms with Crippen LogP contribution in [0.3, 0.4) is 0 Å². The molecule has 0 aliphatic rings. The van der Waals surface area contributed by atoms with Gasteiger partial charge in [-0.15, -0.1) is 0 Å². The summed E-state index contributed by atoms with van der Waals surface area (Å²) in [6.07, 6.45) is 3.03. The number of pyridine rings is 1. The molecule has 0 aliphatic carbocycles. The van der Waals surface area contributed by atoms with E-state index in [-0.39, 0.29) is 5.56 Å². The third-order valence-electron chi connectivity index (χ3n) is 3.89. The highest BCUT2D eigenvalue weighted by Crippen LogP contribution is 2.20. The van der Waals surface area contributed by atoms with Crippen molar-refractivity contribution in [2.75, 3.05) is 11.9 Å². The minimum absolute atomic E-state index is 0.270. The number of esters is 1. The topological polar surface area (TPSA) is 86.1 Å². The summed E-state index contributed by atoms with van der Waals surface area (Å²) in [4.78, 5) is 28.5. The normalized spacial score (nSPS) is 10.5. The second-order valence-corrected chi connectivity index (χ2v) is 6.24. The second kappa shape index (κ2) is 8.01. The van der Waals surface area contributed by atoms with Gasteiger partial charge >= 0.3 is 5.97 Å². The maximum absolute atomic E-state index is 12.3. The number of nitrogens with one attached hydrogen (secondary N) is 1. The van der Waals surface area contributed by atoms with Gasteiger partial charge in [0.1, 0.15) is 5.56 Å². The van der Waals surface area contributed by atoms with Gasteiger partial charge < -0.3 is 10.1 Å². The Kier molecular flexibility index (Phi) is 5.52. The molecule has 0 saturated carbocycles. The Morgan fingerprint density at radius 3 is 2.74 bits per heavy atom. The van der Waals surface area contributed by atoms with Gasteiger partial charge in [0.15, 0.2) is 12.4 Å². The number of hydrogen-bond donors (Lipinski definition) is 1. The highest BCUT2D eigenvalue weighted by Gasteiger charge is 2.18. The minimum Gasteiger partial charge on any atom is -0.452 e. The standard InChI is InChI=1S/C19H17ClN4O3/c1-12-6-7-14(9-16(12)20)23-18(25)11-27-19(26)15-10-22-24(13(15)2)17-5-3-4-8-21-17/h3-10H,11H2,1-2H3,(H,23,25). The zero-order valence-electron chi connectivity index (χ0n) is 14.8. The lowest BCUT2D eigenvalue weighted by atomic mass is 10.2. The van der Waals surface area contributed by atoms with Crippen molar-refractivity contribution in [2.24, 2.45) is 0 Å². The second-order valence-electron chi connectivity index (χ2n) is 5.83. The molecule has 0 bridgehead atoms. The summed E-state index contributed by atoms with van der Waals surface area (Å²) >= 11 is 6.02. The molecule has 2 heterocycles. The van der Waals surface area contributed by atoms with Crippen molar-refractivity contribution in [3.8, 4) is 5.82 Å². The molecule has 0 aliphatic heterocycles. The Balaban J connectivity index is 1.61. The minimum atomic E-state index is -0.633. The number of rotatable bonds is 5. The maximum atomic E-state index is 12.3. The number of ether oxygens (including phenoxy) is 1. The summed E-state index contributed by atoms with van der Waals surface area (Å²) in [6, 6.07) is 10.5. The van der Waals surface area contributed by atoms with Gasteiger partial charge in [-0.1, -0.05) is 23.7 Å². The molecule has 27 heavy (non-hydrogen) atoms. The molecule has 1 amide bonds. The molecular formula is C19H17ClN4O3. The van der Waals surface area contributed by atoms with Crippen LogP contribution >= 0.6 is 11.6 Å². The number of carbonyl (C=O) groups is 2. The molecule has 138 valence electrons. The van der Waals surface area contributed by atoms with E-state index in [1.165, 1.54) is 10.9 Å². The molecule has 1 N–H and O–H groups in total. The van der Waals surface area contributed by atoms with Crippen LogP contribution in [0.25, 0.3) is 5.82 Å². The zero-order valence-corrected chi connectivity index (χ0v) is 15.5. The first kappa shape index (κ1) is 18.6. The first-order chi connectivity index (χ1) is 13.0. The summed E-state index contributed by atoms with van der Waals surface area (Å²) < 4.78 is 6.62. The van der Waals surface area contributed by atoms with Crippen LogP contribution in [0.5, 0.6) is 0 Å². The average molecular weight is 385 g/mol. The van der Waals surface area contributed by atoms with E-state index < -0.39 is 18.5 Å². The largest absolute Gasteiger partial charge is 0.452 e. The zero-order chi connectivity index (χ0) is 19.4. The number of carbonyl (C=O) groups excluding carboxylic acids is 2.